The Morgan fingerprint density at radius 1 is 0.812 bits per heavy atom. The maximum atomic E-state index is 13.8. The summed E-state index contributed by atoms with van der Waals surface area (Å²) in [4.78, 5) is 40.0. The molecule has 11 heteroatoms. The van der Waals surface area contributed by atoms with Gasteiger partial charge in [0, 0.05) is 44.4 Å². The zero-order valence-electron chi connectivity index (χ0n) is 41.2. The van der Waals surface area contributed by atoms with E-state index in [-0.39, 0.29) is 17.8 Å². The Bertz CT molecular complexity index is 1550. The smallest absolute Gasteiger partial charge is 0.316 e. The van der Waals surface area contributed by atoms with Gasteiger partial charge in [0.2, 0.25) is 11.8 Å². The summed E-state index contributed by atoms with van der Waals surface area (Å²) in [5.41, 5.74) is 7.01. The minimum absolute atomic E-state index is 0.00450. The second-order valence-corrected chi connectivity index (χ2v) is 21.8. The zero-order valence-corrected chi connectivity index (χ0v) is 41.2. The van der Waals surface area contributed by atoms with Crippen LogP contribution in [0.15, 0.2) is 11.9 Å². The molecule has 4 unspecified atom stereocenters. The number of nitrogens with two attached hydrogens (primary N) is 1. The van der Waals surface area contributed by atoms with Gasteiger partial charge in [0.15, 0.2) is 0 Å². The van der Waals surface area contributed by atoms with E-state index < -0.39 is 11.1 Å². The van der Waals surface area contributed by atoms with Crippen molar-refractivity contribution >= 4 is 17.8 Å². The van der Waals surface area contributed by atoms with E-state index in [1.807, 2.05) is 24.9 Å². The number of hydrogen-bond donors (Lipinski definition) is 5. The summed E-state index contributed by atoms with van der Waals surface area (Å²) in [7, 11) is 0. The number of urea groups is 1. The van der Waals surface area contributed by atoms with E-state index in [0.717, 1.165) is 74.7 Å². The fourth-order valence-electron chi connectivity index (χ4n) is 13.5. The Kier molecular flexibility index (Phi) is 20.5. The maximum Gasteiger partial charge on any atom is 0.316 e. The third-order valence-corrected chi connectivity index (χ3v) is 17.4. The number of carbonyl (C=O) groups excluding carboxylic acids is 3. The van der Waals surface area contributed by atoms with Crippen LogP contribution in [0.1, 0.15) is 189 Å². The van der Waals surface area contributed by atoms with Gasteiger partial charge in [0.25, 0.3) is 0 Å². The maximum absolute atomic E-state index is 13.8. The molecule has 0 aromatic rings. The van der Waals surface area contributed by atoms with Gasteiger partial charge < -0.3 is 41.4 Å². The van der Waals surface area contributed by atoms with Crippen LogP contribution in [0.2, 0.25) is 0 Å². The van der Waals surface area contributed by atoms with Crippen LogP contribution < -0.4 is 27.0 Å². The monoisotopic (exact) mass is 893 g/mol. The number of amides is 4. The lowest BCUT2D eigenvalue weighted by molar-refractivity contribution is -0.131. The minimum Gasteiger partial charge on any atom is -0.399 e. The average Bonchev–Trinajstić information content (AvgIpc) is 3.72. The Hall–Kier alpha value is -2.97. The lowest BCUT2D eigenvalue weighted by atomic mass is 9.45. The highest BCUT2D eigenvalue weighted by Crippen LogP contribution is 2.68. The van der Waals surface area contributed by atoms with Crippen molar-refractivity contribution in [2.75, 3.05) is 52.6 Å². The van der Waals surface area contributed by atoms with Gasteiger partial charge in [-0.05, 0) is 138 Å². The third kappa shape index (κ3) is 13.8. The van der Waals surface area contributed by atoms with Crippen molar-refractivity contribution in [3.05, 3.63) is 11.9 Å². The molecule has 0 bridgehead atoms. The molecule has 0 radical (unpaired) electrons. The van der Waals surface area contributed by atoms with E-state index in [1.165, 1.54) is 96.3 Å². The van der Waals surface area contributed by atoms with E-state index in [1.54, 1.807) is 0 Å². The molecule has 4 amide bonds. The quantitative estimate of drug-likeness (QED) is 0.0372. The third-order valence-electron chi connectivity index (χ3n) is 17.4. The Labute approximate surface area is 389 Å². The predicted octanol–water partition coefficient (Wildman–Crippen LogP) is 9.35. The van der Waals surface area contributed by atoms with Crippen LogP contribution in [0.25, 0.3) is 0 Å². The van der Waals surface area contributed by atoms with Crippen LogP contribution in [0.5, 0.6) is 0 Å². The van der Waals surface area contributed by atoms with Crippen LogP contribution in [0.4, 0.5) is 4.79 Å². The van der Waals surface area contributed by atoms with Gasteiger partial charge >= 0.3 is 6.03 Å². The molecular formula is C53H92N6O5. The van der Waals surface area contributed by atoms with Crippen molar-refractivity contribution in [1.82, 2.24) is 26.2 Å². The van der Waals surface area contributed by atoms with E-state index in [0.29, 0.717) is 81.9 Å². The molecule has 1 saturated heterocycles. The number of rotatable bonds is 29. The van der Waals surface area contributed by atoms with Crippen molar-refractivity contribution in [2.24, 2.45) is 46.2 Å². The summed E-state index contributed by atoms with van der Waals surface area (Å²) in [5.74, 6) is 7.56. The molecule has 5 fully saturated rings. The lowest BCUT2D eigenvalue weighted by Crippen LogP contribution is -2.55. The molecule has 1 aliphatic heterocycles. The molecule has 0 aromatic heterocycles. The highest BCUT2D eigenvalue weighted by atomic mass is 16.5. The number of ether oxygens (including phenoxy) is 2. The summed E-state index contributed by atoms with van der Waals surface area (Å²) in [6.07, 6.45) is 35.6. The average molecular weight is 893 g/mol. The first-order chi connectivity index (χ1) is 30.8. The normalized spacial score (nSPS) is 30.6. The molecule has 8 atom stereocenters. The van der Waals surface area contributed by atoms with Crippen molar-refractivity contribution < 1.29 is 23.9 Å². The molecule has 4 aliphatic carbocycles. The number of hydrogen-bond acceptors (Lipinski definition) is 7. The first kappa shape index (κ1) is 52.0. The Balaban J connectivity index is 0.922. The lowest BCUT2D eigenvalue weighted by Gasteiger charge is -2.60. The number of carbonyl (C=O) groups is 3. The molecule has 364 valence electrons. The Morgan fingerprint density at radius 2 is 1.55 bits per heavy atom. The molecule has 4 saturated carbocycles. The number of unbranched alkanes of at least 4 members (excludes halogenated alkanes) is 7. The Morgan fingerprint density at radius 3 is 2.30 bits per heavy atom. The van der Waals surface area contributed by atoms with E-state index in [9.17, 15) is 14.4 Å². The van der Waals surface area contributed by atoms with Gasteiger partial charge in [0.05, 0.1) is 38.5 Å². The highest BCUT2D eigenvalue weighted by Gasteiger charge is 2.59. The summed E-state index contributed by atoms with van der Waals surface area (Å²) in [5, 5.41) is 12.0. The van der Waals surface area contributed by atoms with Crippen LogP contribution >= 0.6 is 0 Å². The van der Waals surface area contributed by atoms with Crippen molar-refractivity contribution in [3.8, 4) is 12.3 Å². The molecule has 0 spiro atoms. The van der Waals surface area contributed by atoms with Gasteiger partial charge in [-0.1, -0.05) is 84.5 Å². The molecular weight excluding hydrogens is 801 g/mol. The van der Waals surface area contributed by atoms with Crippen LogP contribution in [-0.4, -0.2) is 86.4 Å². The number of fused-ring (bicyclic) bond motifs is 5. The molecule has 64 heavy (non-hydrogen) atoms. The number of terminal acetylenes is 1. The summed E-state index contributed by atoms with van der Waals surface area (Å²) >= 11 is 0. The van der Waals surface area contributed by atoms with E-state index in [4.69, 9.17) is 21.6 Å². The van der Waals surface area contributed by atoms with Crippen molar-refractivity contribution in [2.45, 2.75) is 200 Å². The first-order valence-corrected chi connectivity index (χ1v) is 26.2. The molecule has 5 rings (SSSR count). The van der Waals surface area contributed by atoms with Crippen molar-refractivity contribution in [3.63, 3.8) is 0 Å². The molecule has 1 heterocycles. The van der Waals surface area contributed by atoms with Gasteiger partial charge in [-0.3, -0.25) is 9.59 Å². The van der Waals surface area contributed by atoms with Gasteiger partial charge in [-0.2, -0.15) is 0 Å². The molecule has 5 aliphatic rings. The molecule has 11 nitrogen and oxygen atoms in total. The number of nitrogens with one attached hydrogen (secondary N) is 4. The zero-order chi connectivity index (χ0) is 46.1. The molecule has 0 aromatic carbocycles. The summed E-state index contributed by atoms with van der Waals surface area (Å²) in [6.45, 7) is 15.6. The predicted molar refractivity (Wildman–Crippen MR) is 259 cm³/mol. The fraction of sp³-hybridized carbons (Fsp3) is 0.868. The standard InChI is InChI=1S/C53H92N6O5/c1-7-9-10-11-12-18-34-59(48(61)23-19-21-42-25-27-45-44-26-24-41-20-15-17-29-51(41,5)46(44)28-31-52(42,45)6)40-43(54)39-55-32-35-63-37-38-64-36-33-56-47(60)22-14-13-16-30-53(8-2)50(3,4)57-49(62)58-53/h2,39,41-42,44-46,55H,7,9-38,40,54H2,1,3-6H3,(H,56,60)(H2,57,58,62)/b43-39-/t41?,42-,44?,45?,46?,51-,52+,53+/m0/s1. The fourth-order valence-corrected chi connectivity index (χ4v) is 13.5. The first-order valence-electron chi connectivity index (χ1n) is 26.2. The SMILES string of the molecule is C#C[C@]1(CCCCCC(=O)NCCOCCOCCN/C=C(\N)CN(CCCCCCCC)C(=O)CCC[C@H]2CCC3C4CCC5CCCC[C@]5(C)C4CC[C@@]32C)NC(=O)NC1(C)C. The second kappa shape index (κ2) is 25.2. The van der Waals surface area contributed by atoms with E-state index >= 15 is 0 Å². The van der Waals surface area contributed by atoms with Gasteiger partial charge in [-0.15, -0.1) is 6.42 Å². The van der Waals surface area contributed by atoms with Crippen LogP contribution in [0, 0.1) is 52.8 Å². The minimum atomic E-state index is -0.712. The summed E-state index contributed by atoms with van der Waals surface area (Å²) < 4.78 is 11.4. The van der Waals surface area contributed by atoms with Gasteiger partial charge in [-0.25, -0.2) is 4.79 Å². The molecule has 6 N–H and O–H groups in total. The topological polar surface area (TPSA) is 147 Å². The summed E-state index contributed by atoms with van der Waals surface area (Å²) in [6, 6.07) is -0.236. The second-order valence-electron chi connectivity index (χ2n) is 21.8. The van der Waals surface area contributed by atoms with E-state index in [2.05, 4.69) is 48.0 Å². The number of nitrogens with zero attached hydrogens (tertiary/aromatic N) is 1. The van der Waals surface area contributed by atoms with Crippen LogP contribution in [-0.2, 0) is 19.1 Å². The van der Waals surface area contributed by atoms with Gasteiger partial charge in [0.1, 0.15) is 5.54 Å². The highest BCUT2D eigenvalue weighted by molar-refractivity contribution is 5.80. The van der Waals surface area contributed by atoms with Crippen molar-refractivity contribution in [1.29, 1.82) is 0 Å². The largest absolute Gasteiger partial charge is 0.399 e. The van der Waals surface area contributed by atoms with Crippen LogP contribution in [0.3, 0.4) is 0 Å².